The van der Waals surface area contributed by atoms with E-state index in [2.05, 4.69) is 10.3 Å². The Hall–Kier alpha value is -2.32. The molecule has 2 aromatic rings. The van der Waals surface area contributed by atoms with Crippen LogP contribution in [0.3, 0.4) is 0 Å². The number of nitrogens with one attached hydrogen (secondary N) is 1. The zero-order valence-electron chi connectivity index (χ0n) is 10.7. The molecule has 102 valence electrons. The second-order valence-corrected chi connectivity index (χ2v) is 4.27. The molecule has 0 bridgehead atoms. The Morgan fingerprint density at radius 3 is 2.85 bits per heavy atom. The normalized spacial score (nSPS) is 9.90. The number of pyridine rings is 1. The number of hydrogen-bond acceptors (Lipinski definition) is 4. The van der Waals surface area contributed by atoms with E-state index in [9.17, 15) is 4.39 Å². The summed E-state index contributed by atoms with van der Waals surface area (Å²) in [5.41, 5.74) is 0.864. The summed E-state index contributed by atoms with van der Waals surface area (Å²) in [5, 5.41) is 11.9. The first-order valence-corrected chi connectivity index (χ1v) is 6.27. The molecule has 0 unspecified atom stereocenters. The maximum Gasteiger partial charge on any atom is 0.167 e. The minimum Gasteiger partial charge on any atom is -0.491 e. The van der Waals surface area contributed by atoms with Crippen LogP contribution in [-0.2, 0) is 0 Å². The van der Waals surface area contributed by atoms with Crippen LogP contribution in [0.1, 0.15) is 12.5 Å². The van der Waals surface area contributed by atoms with Crippen molar-refractivity contribution >= 4 is 23.1 Å². The maximum absolute atomic E-state index is 13.7. The van der Waals surface area contributed by atoms with Gasteiger partial charge in [-0.3, -0.25) is 0 Å². The SMILES string of the molecule is CCOc1ccc(Nc2cc(C#N)cc(Cl)n2)cc1F. The van der Waals surface area contributed by atoms with Gasteiger partial charge in [-0.15, -0.1) is 0 Å². The molecule has 0 atom stereocenters. The number of hydrogen-bond donors (Lipinski definition) is 1. The van der Waals surface area contributed by atoms with E-state index in [0.717, 1.165) is 0 Å². The highest BCUT2D eigenvalue weighted by Crippen LogP contribution is 2.24. The lowest BCUT2D eigenvalue weighted by atomic mass is 10.2. The van der Waals surface area contributed by atoms with Gasteiger partial charge in [-0.05, 0) is 31.2 Å². The smallest absolute Gasteiger partial charge is 0.167 e. The summed E-state index contributed by atoms with van der Waals surface area (Å²) >= 11 is 5.80. The van der Waals surface area contributed by atoms with Gasteiger partial charge in [-0.1, -0.05) is 11.6 Å². The summed E-state index contributed by atoms with van der Waals surface area (Å²) in [5.74, 6) is 0.0896. The fourth-order valence-corrected chi connectivity index (χ4v) is 1.83. The van der Waals surface area contributed by atoms with Crippen molar-refractivity contribution in [2.24, 2.45) is 0 Å². The molecular weight excluding hydrogens is 281 g/mol. The molecule has 0 spiro atoms. The van der Waals surface area contributed by atoms with Crippen molar-refractivity contribution in [2.45, 2.75) is 6.92 Å². The fourth-order valence-electron chi connectivity index (χ4n) is 1.62. The van der Waals surface area contributed by atoms with E-state index in [1.165, 1.54) is 24.3 Å². The summed E-state index contributed by atoms with van der Waals surface area (Å²) in [6.07, 6.45) is 0. The van der Waals surface area contributed by atoms with Crippen molar-refractivity contribution < 1.29 is 9.13 Å². The Morgan fingerprint density at radius 2 is 2.20 bits per heavy atom. The third-order valence-corrected chi connectivity index (χ3v) is 2.62. The monoisotopic (exact) mass is 291 g/mol. The van der Waals surface area contributed by atoms with Gasteiger partial charge in [0.25, 0.3) is 0 Å². The van der Waals surface area contributed by atoms with Crippen LogP contribution < -0.4 is 10.1 Å². The number of halogens is 2. The van der Waals surface area contributed by atoms with Crippen molar-refractivity contribution in [3.63, 3.8) is 0 Å². The van der Waals surface area contributed by atoms with Crippen LogP contribution in [0.2, 0.25) is 5.15 Å². The number of nitrogens with zero attached hydrogens (tertiary/aromatic N) is 2. The largest absolute Gasteiger partial charge is 0.491 e. The van der Waals surface area contributed by atoms with Crippen LogP contribution in [-0.4, -0.2) is 11.6 Å². The number of benzene rings is 1. The summed E-state index contributed by atoms with van der Waals surface area (Å²) in [7, 11) is 0. The van der Waals surface area contributed by atoms with E-state index in [-0.39, 0.29) is 10.9 Å². The standard InChI is InChI=1S/C14H11ClFN3O/c1-2-20-12-4-3-10(7-11(12)16)18-14-6-9(8-17)5-13(15)19-14/h3-7H,2H2,1H3,(H,18,19). The lowest BCUT2D eigenvalue weighted by Crippen LogP contribution is -1.98. The molecule has 0 amide bonds. The van der Waals surface area contributed by atoms with Crippen LogP contribution in [0, 0.1) is 17.1 Å². The molecule has 0 aliphatic carbocycles. The summed E-state index contributed by atoms with van der Waals surface area (Å²) < 4.78 is 18.8. The molecule has 0 aliphatic heterocycles. The molecule has 0 aliphatic rings. The summed E-state index contributed by atoms with van der Waals surface area (Å²) in [6, 6.07) is 9.42. The first-order valence-electron chi connectivity index (χ1n) is 5.89. The second-order valence-electron chi connectivity index (χ2n) is 3.88. The summed E-state index contributed by atoms with van der Waals surface area (Å²) in [6.45, 7) is 2.18. The van der Waals surface area contributed by atoms with Crippen molar-refractivity contribution in [3.8, 4) is 11.8 Å². The molecular formula is C14H11ClFN3O. The minimum atomic E-state index is -0.473. The zero-order chi connectivity index (χ0) is 14.5. The summed E-state index contributed by atoms with van der Waals surface area (Å²) in [4.78, 5) is 4.02. The fraction of sp³-hybridized carbons (Fsp3) is 0.143. The number of rotatable bonds is 4. The third-order valence-electron chi connectivity index (χ3n) is 2.43. The Labute approximate surface area is 120 Å². The van der Waals surface area contributed by atoms with Crippen LogP contribution >= 0.6 is 11.6 Å². The quantitative estimate of drug-likeness (QED) is 0.868. The topological polar surface area (TPSA) is 57.9 Å². The molecule has 1 aromatic heterocycles. The highest BCUT2D eigenvalue weighted by atomic mass is 35.5. The first-order chi connectivity index (χ1) is 9.62. The Bertz CT molecular complexity index is 670. The van der Waals surface area contributed by atoms with Gasteiger partial charge in [0.15, 0.2) is 11.6 Å². The van der Waals surface area contributed by atoms with E-state index in [4.69, 9.17) is 21.6 Å². The Balaban J connectivity index is 2.24. The van der Waals surface area contributed by atoms with Gasteiger partial charge in [0.1, 0.15) is 11.0 Å². The maximum atomic E-state index is 13.7. The minimum absolute atomic E-state index is 0.190. The molecule has 1 heterocycles. The number of aromatic nitrogens is 1. The zero-order valence-corrected chi connectivity index (χ0v) is 11.4. The molecule has 2 rings (SSSR count). The average Bonchev–Trinajstić information content (AvgIpc) is 2.41. The lowest BCUT2D eigenvalue weighted by Gasteiger charge is -2.09. The second kappa shape index (κ2) is 6.22. The van der Waals surface area contributed by atoms with Crippen LogP contribution in [0.15, 0.2) is 30.3 Å². The van der Waals surface area contributed by atoms with E-state index in [1.807, 2.05) is 6.07 Å². The average molecular weight is 292 g/mol. The molecule has 1 N–H and O–H groups in total. The van der Waals surface area contributed by atoms with Crippen LogP contribution in [0.5, 0.6) is 5.75 Å². The Kier molecular flexibility index (Phi) is 4.38. The molecule has 20 heavy (non-hydrogen) atoms. The number of anilines is 2. The lowest BCUT2D eigenvalue weighted by molar-refractivity contribution is 0.321. The van der Waals surface area contributed by atoms with Gasteiger partial charge in [-0.25, -0.2) is 9.37 Å². The van der Waals surface area contributed by atoms with Crippen LogP contribution in [0.25, 0.3) is 0 Å². The predicted molar refractivity (Wildman–Crippen MR) is 74.8 cm³/mol. The first kappa shape index (κ1) is 14.1. The highest BCUT2D eigenvalue weighted by Gasteiger charge is 2.06. The van der Waals surface area contributed by atoms with Gasteiger partial charge in [0.05, 0.1) is 18.2 Å². The molecule has 6 heteroatoms. The molecule has 0 radical (unpaired) electrons. The molecule has 0 fully saturated rings. The number of ether oxygens (including phenoxy) is 1. The Morgan fingerprint density at radius 1 is 1.40 bits per heavy atom. The van der Waals surface area contributed by atoms with Crippen molar-refractivity contribution in [3.05, 3.63) is 46.9 Å². The molecule has 0 saturated carbocycles. The van der Waals surface area contributed by atoms with Crippen LogP contribution in [0.4, 0.5) is 15.9 Å². The van der Waals surface area contributed by atoms with Gasteiger partial charge in [-0.2, -0.15) is 5.26 Å². The van der Waals surface area contributed by atoms with E-state index < -0.39 is 5.82 Å². The van der Waals surface area contributed by atoms with E-state index in [0.29, 0.717) is 23.7 Å². The molecule has 4 nitrogen and oxygen atoms in total. The predicted octanol–water partition coefficient (Wildman–Crippen LogP) is 3.89. The van der Waals surface area contributed by atoms with Gasteiger partial charge >= 0.3 is 0 Å². The van der Waals surface area contributed by atoms with E-state index in [1.54, 1.807) is 13.0 Å². The van der Waals surface area contributed by atoms with Crippen molar-refractivity contribution in [1.29, 1.82) is 5.26 Å². The van der Waals surface area contributed by atoms with Gasteiger partial charge < -0.3 is 10.1 Å². The van der Waals surface area contributed by atoms with E-state index >= 15 is 0 Å². The van der Waals surface area contributed by atoms with Crippen molar-refractivity contribution in [2.75, 3.05) is 11.9 Å². The van der Waals surface area contributed by atoms with Gasteiger partial charge in [0.2, 0.25) is 0 Å². The molecule has 0 saturated heterocycles. The highest BCUT2D eigenvalue weighted by molar-refractivity contribution is 6.29. The number of nitriles is 1. The van der Waals surface area contributed by atoms with Gasteiger partial charge in [0, 0.05) is 11.8 Å². The molecule has 1 aromatic carbocycles. The third kappa shape index (κ3) is 3.37. The van der Waals surface area contributed by atoms with Crippen molar-refractivity contribution in [1.82, 2.24) is 4.98 Å².